The highest BCUT2D eigenvalue weighted by Gasteiger charge is 2.25. The second-order valence-electron chi connectivity index (χ2n) is 15.3. The zero-order valence-electron chi connectivity index (χ0n) is 34.1. The van der Waals surface area contributed by atoms with Gasteiger partial charge in [0, 0.05) is 58.7 Å². The van der Waals surface area contributed by atoms with Crippen LogP contribution in [-0.2, 0) is 40.0 Å². The molecule has 0 aromatic heterocycles. The number of amides is 6. The molecule has 1 aromatic rings. The van der Waals surface area contributed by atoms with Gasteiger partial charge < -0.3 is 46.1 Å². The first kappa shape index (κ1) is 48.6. The molecule has 0 saturated heterocycles. The van der Waals surface area contributed by atoms with Crippen LogP contribution in [0.5, 0.6) is 0 Å². The normalized spacial score (nSPS) is 11.3. The molecule has 6 N–H and O–H groups in total. The fraction of sp³-hybridized carbons (Fsp3) is 0.700. The molecule has 0 bridgehead atoms. The summed E-state index contributed by atoms with van der Waals surface area (Å²) in [5.74, 6) is -1.88. The van der Waals surface area contributed by atoms with Crippen molar-refractivity contribution in [2.45, 2.75) is 130 Å². The molecule has 0 fully saturated rings. The lowest BCUT2D eigenvalue weighted by Gasteiger charge is -2.19. The van der Waals surface area contributed by atoms with Crippen molar-refractivity contribution in [2.75, 3.05) is 45.9 Å². The van der Waals surface area contributed by atoms with Crippen LogP contribution >= 0.6 is 0 Å². The van der Waals surface area contributed by atoms with Crippen molar-refractivity contribution in [1.29, 1.82) is 0 Å². The quantitative estimate of drug-likeness (QED) is 0.0545. The summed E-state index contributed by atoms with van der Waals surface area (Å²) in [6.07, 6.45) is 5.41. The van der Waals surface area contributed by atoms with Crippen molar-refractivity contribution in [3.05, 3.63) is 35.9 Å². The summed E-state index contributed by atoms with van der Waals surface area (Å²) in [4.78, 5) is 73.9. The standard InChI is InChI=1S/C40H68N6O9/c1-39(2,3)54-37(51)45-27-21-33(47)41-23-13-15-25-43-35(49)32(20-12-7-8-17-29-53-30-31-18-10-9-11-19-31)36(50)44-26-16-14-24-42-34(48)22-28-46-38(52)55-40(4,5)6/h9-11,18-19,32H,7-8,12-17,20-30H2,1-6H3,(H,41,47)(H,42,48)(H,43,49)(H,44,50)(H,45,51)(H,46,52). The number of nitrogens with one attached hydrogen (secondary N) is 6. The molecule has 15 nitrogen and oxygen atoms in total. The Morgan fingerprint density at radius 3 is 1.42 bits per heavy atom. The van der Waals surface area contributed by atoms with Gasteiger partial charge in [-0.1, -0.05) is 49.6 Å². The van der Waals surface area contributed by atoms with Gasteiger partial charge in [-0.2, -0.15) is 0 Å². The van der Waals surface area contributed by atoms with E-state index in [2.05, 4.69) is 31.9 Å². The van der Waals surface area contributed by atoms with Gasteiger partial charge in [0.15, 0.2) is 0 Å². The summed E-state index contributed by atoms with van der Waals surface area (Å²) in [6, 6.07) is 10.00. The lowest BCUT2D eigenvalue weighted by Crippen LogP contribution is -2.42. The number of ether oxygens (including phenoxy) is 3. The van der Waals surface area contributed by atoms with Gasteiger partial charge >= 0.3 is 12.2 Å². The first-order valence-corrected chi connectivity index (χ1v) is 19.7. The van der Waals surface area contributed by atoms with Crippen molar-refractivity contribution < 1.29 is 43.0 Å². The van der Waals surface area contributed by atoms with Crippen LogP contribution in [0.2, 0.25) is 0 Å². The van der Waals surface area contributed by atoms with E-state index in [0.717, 1.165) is 24.8 Å². The molecule has 0 radical (unpaired) electrons. The molecule has 0 unspecified atom stereocenters. The molecule has 1 rings (SSSR count). The number of benzene rings is 1. The average Bonchev–Trinajstić information content (AvgIpc) is 3.09. The highest BCUT2D eigenvalue weighted by atomic mass is 16.6. The second-order valence-corrected chi connectivity index (χ2v) is 15.3. The van der Waals surface area contributed by atoms with Gasteiger partial charge in [-0.15, -0.1) is 0 Å². The maximum absolute atomic E-state index is 13.1. The number of carbonyl (C=O) groups is 6. The smallest absolute Gasteiger partial charge is 0.407 e. The van der Waals surface area contributed by atoms with E-state index in [-0.39, 0.29) is 49.6 Å². The molecule has 55 heavy (non-hydrogen) atoms. The molecule has 0 atom stereocenters. The van der Waals surface area contributed by atoms with Crippen molar-refractivity contribution in [1.82, 2.24) is 31.9 Å². The van der Waals surface area contributed by atoms with Crippen LogP contribution in [0.15, 0.2) is 30.3 Å². The Balaban J connectivity index is 2.39. The minimum atomic E-state index is -0.830. The van der Waals surface area contributed by atoms with Gasteiger partial charge in [0.2, 0.25) is 23.6 Å². The maximum atomic E-state index is 13.1. The minimum Gasteiger partial charge on any atom is -0.444 e. The Kier molecular flexibility index (Phi) is 24.8. The molecule has 0 saturated carbocycles. The topological polar surface area (TPSA) is 202 Å². The van der Waals surface area contributed by atoms with Gasteiger partial charge in [-0.25, -0.2) is 9.59 Å². The molecule has 0 heterocycles. The molecular formula is C40H68N6O9. The number of unbranched alkanes of at least 4 members (excludes halogenated alkanes) is 5. The zero-order valence-corrected chi connectivity index (χ0v) is 34.1. The highest BCUT2D eigenvalue weighted by molar-refractivity contribution is 6.00. The summed E-state index contributed by atoms with van der Waals surface area (Å²) in [6.45, 7) is 13.7. The fourth-order valence-corrected chi connectivity index (χ4v) is 5.04. The van der Waals surface area contributed by atoms with E-state index in [0.29, 0.717) is 77.9 Å². The molecule has 0 aliphatic heterocycles. The Labute approximate surface area is 327 Å². The molecule has 312 valence electrons. The molecule has 1 aromatic carbocycles. The van der Waals surface area contributed by atoms with Crippen LogP contribution in [0.4, 0.5) is 9.59 Å². The SMILES string of the molecule is CC(C)(C)OC(=O)NCCC(=O)NCCCCNC(=O)C(CCCCCCOCc1ccccc1)C(=O)NCCCCNC(=O)CCNC(=O)OC(C)(C)C. The van der Waals surface area contributed by atoms with Crippen LogP contribution in [0.3, 0.4) is 0 Å². The first-order valence-electron chi connectivity index (χ1n) is 19.7. The van der Waals surface area contributed by atoms with Crippen molar-refractivity contribution in [2.24, 2.45) is 5.92 Å². The van der Waals surface area contributed by atoms with E-state index >= 15 is 0 Å². The van der Waals surface area contributed by atoms with Gasteiger partial charge in [0.1, 0.15) is 17.1 Å². The number of carbonyl (C=O) groups excluding carboxylic acids is 6. The van der Waals surface area contributed by atoms with Crippen LogP contribution in [0, 0.1) is 5.92 Å². The van der Waals surface area contributed by atoms with E-state index in [1.807, 2.05) is 30.3 Å². The van der Waals surface area contributed by atoms with E-state index in [4.69, 9.17) is 14.2 Å². The van der Waals surface area contributed by atoms with E-state index in [1.165, 1.54) is 0 Å². The lowest BCUT2D eigenvalue weighted by molar-refractivity contribution is -0.135. The van der Waals surface area contributed by atoms with Crippen LogP contribution in [0.25, 0.3) is 0 Å². The summed E-state index contributed by atoms with van der Waals surface area (Å²) in [7, 11) is 0. The van der Waals surface area contributed by atoms with Crippen LogP contribution in [-0.4, -0.2) is 92.9 Å². The summed E-state index contributed by atoms with van der Waals surface area (Å²) < 4.78 is 16.1. The fourth-order valence-electron chi connectivity index (χ4n) is 5.04. The molecule has 6 amide bonds. The van der Waals surface area contributed by atoms with Gasteiger partial charge in [-0.05, 0) is 85.6 Å². The molecular weight excluding hydrogens is 708 g/mol. The van der Waals surface area contributed by atoms with E-state index in [9.17, 15) is 28.8 Å². The largest absolute Gasteiger partial charge is 0.444 e. The van der Waals surface area contributed by atoms with Gasteiger partial charge in [0.25, 0.3) is 0 Å². The predicted molar refractivity (Wildman–Crippen MR) is 211 cm³/mol. The molecule has 0 spiro atoms. The summed E-state index contributed by atoms with van der Waals surface area (Å²) in [5, 5.41) is 16.5. The third-order valence-electron chi connectivity index (χ3n) is 7.77. The van der Waals surface area contributed by atoms with E-state index in [1.54, 1.807) is 41.5 Å². The maximum Gasteiger partial charge on any atom is 0.407 e. The Bertz CT molecular complexity index is 1210. The predicted octanol–water partition coefficient (Wildman–Crippen LogP) is 4.62. The average molecular weight is 777 g/mol. The zero-order chi connectivity index (χ0) is 41.0. The number of rotatable bonds is 27. The van der Waals surface area contributed by atoms with Gasteiger partial charge in [0.05, 0.1) is 6.61 Å². The molecule has 15 heteroatoms. The highest BCUT2D eigenvalue weighted by Crippen LogP contribution is 2.13. The second kappa shape index (κ2) is 28.1. The minimum absolute atomic E-state index is 0.122. The van der Waals surface area contributed by atoms with Crippen LogP contribution in [0.1, 0.15) is 118 Å². The van der Waals surface area contributed by atoms with Gasteiger partial charge in [-0.3, -0.25) is 19.2 Å². The number of hydrogen-bond acceptors (Lipinski definition) is 9. The Morgan fingerprint density at radius 1 is 0.527 bits per heavy atom. The lowest BCUT2D eigenvalue weighted by atomic mass is 9.98. The summed E-state index contributed by atoms with van der Waals surface area (Å²) in [5.41, 5.74) is -0.0937. The molecule has 0 aliphatic rings. The Hall–Kier alpha value is -4.40. The van der Waals surface area contributed by atoms with Crippen molar-refractivity contribution in [3.63, 3.8) is 0 Å². The Morgan fingerprint density at radius 2 is 0.964 bits per heavy atom. The van der Waals surface area contributed by atoms with Crippen LogP contribution < -0.4 is 31.9 Å². The van der Waals surface area contributed by atoms with Crippen molar-refractivity contribution in [3.8, 4) is 0 Å². The number of alkyl carbamates (subject to hydrolysis) is 2. The third-order valence-corrected chi connectivity index (χ3v) is 7.77. The third kappa shape index (κ3) is 28.7. The van der Waals surface area contributed by atoms with Crippen molar-refractivity contribution >= 4 is 35.8 Å². The number of hydrogen-bond donors (Lipinski definition) is 6. The van der Waals surface area contributed by atoms with E-state index < -0.39 is 29.3 Å². The summed E-state index contributed by atoms with van der Waals surface area (Å²) >= 11 is 0. The first-order chi connectivity index (χ1) is 26.1. The molecule has 0 aliphatic carbocycles. The monoisotopic (exact) mass is 777 g/mol.